The van der Waals surface area contributed by atoms with Gasteiger partial charge in [-0.15, -0.1) is 0 Å². The lowest BCUT2D eigenvalue weighted by atomic mass is 9.81. The van der Waals surface area contributed by atoms with Gasteiger partial charge in [-0.05, 0) is 25.7 Å². The van der Waals surface area contributed by atoms with Gasteiger partial charge in [0.05, 0.1) is 13.4 Å². The molecule has 0 unspecified atom stereocenters. The van der Waals surface area contributed by atoms with E-state index in [4.69, 9.17) is 4.74 Å². The molecule has 0 aromatic heterocycles. The SMILES string of the molecule is COC(=O)C1(NC(=O)C2CCN(S(C)(=O)=O)CC2)CCCCC1. The molecular weight excluding hydrogens is 320 g/mol. The Bertz CT molecular complexity index is 546. The van der Waals surface area contributed by atoms with Crippen LogP contribution in [0.3, 0.4) is 0 Å². The molecule has 0 bridgehead atoms. The Morgan fingerprint density at radius 2 is 1.70 bits per heavy atom. The number of ether oxygens (including phenoxy) is 1. The minimum atomic E-state index is -3.20. The van der Waals surface area contributed by atoms with Crippen LogP contribution in [-0.2, 0) is 24.3 Å². The van der Waals surface area contributed by atoms with Crippen molar-refractivity contribution in [3.8, 4) is 0 Å². The van der Waals surface area contributed by atoms with Crippen LogP contribution >= 0.6 is 0 Å². The van der Waals surface area contributed by atoms with E-state index in [0.29, 0.717) is 38.8 Å². The minimum absolute atomic E-state index is 0.162. The summed E-state index contributed by atoms with van der Waals surface area (Å²) in [6.45, 7) is 0.699. The van der Waals surface area contributed by atoms with Gasteiger partial charge in [0, 0.05) is 19.0 Å². The van der Waals surface area contributed by atoms with Gasteiger partial charge in [-0.25, -0.2) is 17.5 Å². The number of amides is 1. The van der Waals surface area contributed by atoms with E-state index in [1.165, 1.54) is 17.7 Å². The van der Waals surface area contributed by atoms with E-state index in [-0.39, 0.29) is 17.8 Å². The molecular formula is C15H26N2O5S. The molecule has 1 saturated heterocycles. The number of rotatable bonds is 4. The van der Waals surface area contributed by atoms with Crippen LogP contribution in [0.4, 0.5) is 0 Å². The third-order valence-electron chi connectivity index (χ3n) is 4.94. The van der Waals surface area contributed by atoms with Gasteiger partial charge < -0.3 is 10.1 Å². The molecule has 1 amide bonds. The summed E-state index contributed by atoms with van der Waals surface area (Å²) in [6, 6.07) is 0. The first-order valence-corrected chi connectivity index (χ1v) is 9.99. The summed E-state index contributed by atoms with van der Waals surface area (Å²) in [5.74, 6) is -0.791. The van der Waals surface area contributed by atoms with Gasteiger partial charge in [-0.3, -0.25) is 4.79 Å². The zero-order valence-electron chi connectivity index (χ0n) is 13.8. The average molecular weight is 346 g/mol. The van der Waals surface area contributed by atoms with Crippen LogP contribution in [0.15, 0.2) is 0 Å². The predicted octanol–water partition coefficient (Wildman–Crippen LogP) is 0.650. The van der Waals surface area contributed by atoms with Gasteiger partial charge >= 0.3 is 5.97 Å². The van der Waals surface area contributed by atoms with Crippen LogP contribution in [0.25, 0.3) is 0 Å². The highest BCUT2D eigenvalue weighted by Gasteiger charge is 2.43. The Morgan fingerprint density at radius 3 is 2.17 bits per heavy atom. The van der Waals surface area contributed by atoms with E-state index in [1.54, 1.807) is 0 Å². The van der Waals surface area contributed by atoms with Gasteiger partial charge in [0.1, 0.15) is 5.54 Å². The molecule has 0 aromatic carbocycles. The molecule has 1 heterocycles. The fourth-order valence-corrected chi connectivity index (χ4v) is 4.39. The van der Waals surface area contributed by atoms with Gasteiger partial charge in [-0.1, -0.05) is 19.3 Å². The Morgan fingerprint density at radius 1 is 1.13 bits per heavy atom. The minimum Gasteiger partial charge on any atom is -0.467 e. The van der Waals surface area contributed by atoms with Crippen LogP contribution in [-0.4, -0.2) is 56.6 Å². The van der Waals surface area contributed by atoms with E-state index in [0.717, 1.165) is 19.3 Å². The van der Waals surface area contributed by atoms with Crippen molar-refractivity contribution in [1.29, 1.82) is 0 Å². The maximum atomic E-state index is 12.6. The topological polar surface area (TPSA) is 92.8 Å². The summed E-state index contributed by atoms with van der Waals surface area (Å²) in [5, 5.41) is 2.92. The quantitative estimate of drug-likeness (QED) is 0.755. The maximum absolute atomic E-state index is 12.6. The number of methoxy groups -OCH3 is 1. The fraction of sp³-hybridized carbons (Fsp3) is 0.867. The first-order valence-electron chi connectivity index (χ1n) is 8.14. The van der Waals surface area contributed by atoms with Crippen molar-refractivity contribution in [1.82, 2.24) is 9.62 Å². The van der Waals surface area contributed by atoms with Crippen LogP contribution < -0.4 is 5.32 Å². The molecule has 2 aliphatic rings. The van der Waals surface area contributed by atoms with E-state index >= 15 is 0 Å². The lowest BCUT2D eigenvalue weighted by molar-refractivity contribution is -0.153. The van der Waals surface area contributed by atoms with Gasteiger partial charge in [0.15, 0.2) is 0 Å². The van der Waals surface area contributed by atoms with Crippen LogP contribution in [0.1, 0.15) is 44.9 Å². The summed E-state index contributed by atoms with van der Waals surface area (Å²) in [4.78, 5) is 24.7. The summed E-state index contributed by atoms with van der Waals surface area (Å²) in [5.41, 5.74) is -0.905. The number of hydrogen-bond acceptors (Lipinski definition) is 5. The van der Waals surface area contributed by atoms with Crippen molar-refractivity contribution in [3.63, 3.8) is 0 Å². The van der Waals surface area contributed by atoms with Crippen molar-refractivity contribution in [2.45, 2.75) is 50.5 Å². The second-order valence-corrected chi connectivity index (χ2v) is 8.54. The second-order valence-electron chi connectivity index (χ2n) is 6.56. The molecule has 1 N–H and O–H groups in total. The van der Waals surface area contributed by atoms with Crippen molar-refractivity contribution in [2.24, 2.45) is 5.92 Å². The summed E-state index contributed by atoms with van der Waals surface area (Å²) >= 11 is 0. The van der Waals surface area contributed by atoms with Crippen LogP contribution in [0, 0.1) is 5.92 Å². The van der Waals surface area contributed by atoms with Gasteiger partial charge in [0.2, 0.25) is 15.9 Å². The smallest absolute Gasteiger partial charge is 0.331 e. The Hall–Kier alpha value is -1.15. The molecule has 1 aliphatic heterocycles. The molecule has 2 rings (SSSR count). The monoisotopic (exact) mass is 346 g/mol. The Balaban J connectivity index is 1.99. The summed E-state index contributed by atoms with van der Waals surface area (Å²) in [6.07, 6.45) is 6.19. The number of nitrogens with zero attached hydrogens (tertiary/aromatic N) is 1. The maximum Gasteiger partial charge on any atom is 0.331 e. The second kappa shape index (κ2) is 7.17. The van der Waals surface area contributed by atoms with Crippen molar-refractivity contribution >= 4 is 21.9 Å². The number of carbonyl (C=O) groups is 2. The molecule has 132 valence electrons. The highest BCUT2D eigenvalue weighted by atomic mass is 32.2. The number of nitrogens with one attached hydrogen (secondary N) is 1. The Labute approximate surface area is 137 Å². The number of sulfonamides is 1. The zero-order valence-corrected chi connectivity index (χ0v) is 14.7. The normalized spacial score (nSPS) is 23.2. The van der Waals surface area contributed by atoms with Crippen molar-refractivity contribution in [3.05, 3.63) is 0 Å². The molecule has 8 heteroatoms. The average Bonchev–Trinajstić information content (AvgIpc) is 2.54. The molecule has 1 aliphatic carbocycles. The van der Waals surface area contributed by atoms with Crippen LogP contribution in [0.5, 0.6) is 0 Å². The molecule has 0 aromatic rings. The predicted molar refractivity (Wildman–Crippen MR) is 85.1 cm³/mol. The fourth-order valence-electron chi connectivity index (χ4n) is 3.52. The van der Waals surface area contributed by atoms with Crippen LogP contribution in [0.2, 0.25) is 0 Å². The third kappa shape index (κ3) is 4.23. The van der Waals surface area contributed by atoms with Crippen molar-refractivity contribution < 1.29 is 22.7 Å². The lowest BCUT2D eigenvalue weighted by Gasteiger charge is -2.37. The van der Waals surface area contributed by atoms with E-state index in [1.807, 2.05) is 0 Å². The Kier molecular flexibility index (Phi) is 5.67. The molecule has 1 saturated carbocycles. The largest absolute Gasteiger partial charge is 0.467 e. The van der Waals surface area contributed by atoms with E-state index < -0.39 is 15.6 Å². The lowest BCUT2D eigenvalue weighted by Crippen LogP contribution is -2.58. The van der Waals surface area contributed by atoms with Gasteiger partial charge in [0.25, 0.3) is 0 Å². The van der Waals surface area contributed by atoms with E-state index in [9.17, 15) is 18.0 Å². The molecule has 7 nitrogen and oxygen atoms in total. The number of carbonyl (C=O) groups excluding carboxylic acids is 2. The highest BCUT2D eigenvalue weighted by molar-refractivity contribution is 7.88. The van der Waals surface area contributed by atoms with Crippen molar-refractivity contribution in [2.75, 3.05) is 26.5 Å². The molecule has 23 heavy (non-hydrogen) atoms. The summed E-state index contributed by atoms with van der Waals surface area (Å²) < 4.78 is 29.3. The molecule has 0 atom stereocenters. The first kappa shape index (κ1) is 18.2. The van der Waals surface area contributed by atoms with E-state index in [2.05, 4.69) is 5.32 Å². The zero-order chi connectivity index (χ0) is 17.1. The van der Waals surface area contributed by atoms with Gasteiger partial charge in [-0.2, -0.15) is 0 Å². The number of piperidine rings is 1. The number of esters is 1. The number of hydrogen-bond donors (Lipinski definition) is 1. The molecule has 0 spiro atoms. The first-order chi connectivity index (χ1) is 10.8. The highest BCUT2D eigenvalue weighted by Crippen LogP contribution is 2.30. The molecule has 2 fully saturated rings. The molecule has 0 radical (unpaired) electrons. The standard InChI is InChI=1S/C15H26N2O5S/c1-22-14(19)15(8-4-3-5-9-15)16-13(18)12-6-10-17(11-7-12)23(2,20)21/h12H,3-11H2,1-2H3,(H,16,18). The third-order valence-corrected chi connectivity index (χ3v) is 6.24. The summed E-state index contributed by atoms with van der Waals surface area (Å²) in [7, 11) is -1.86.